The van der Waals surface area contributed by atoms with E-state index in [4.69, 9.17) is 11.6 Å². The van der Waals surface area contributed by atoms with Gasteiger partial charge in [-0.15, -0.1) is 0 Å². The number of para-hydroxylation sites is 1. The van der Waals surface area contributed by atoms with Crippen LogP contribution in [-0.4, -0.2) is 36.1 Å². The van der Waals surface area contributed by atoms with E-state index in [0.717, 1.165) is 6.07 Å². The number of aromatic nitrogens is 5. The van der Waals surface area contributed by atoms with Gasteiger partial charge in [0.15, 0.2) is 5.69 Å². The van der Waals surface area contributed by atoms with E-state index in [0.29, 0.717) is 17.2 Å². The summed E-state index contributed by atoms with van der Waals surface area (Å²) in [5.74, 6) is -0.768. The highest BCUT2D eigenvalue weighted by molar-refractivity contribution is 6.34. The number of carbonyl (C=O) groups is 2. The van der Waals surface area contributed by atoms with Crippen molar-refractivity contribution < 1.29 is 14.0 Å². The summed E-state index contributed by atoms with van der Waals surface area (Å²) in [6, 6.07) is 17.6. The molecule has 1 atom stereocenters. The summed E-state index contributed by atoms with van der Waals surface area (Å²) in [5, 5.41) is 10.0. The van der Waals surface area contributed by atoms with Crippen LogP contribution in [0.4, 0.5) is 10.2 Å². The SMILES string of the molecule is C[C@H](NC(=O)c1cc(NC(=O)c2cc(-c3ccccn3)c(F)cc2Cl)n(-c2ccccc2)n1)c1nccn1C. The van der Waals surface area contributed by atoms with Crippen LogP contribution < -0.4 is 10.6 Å². The molecule has 9 nitrogen and oxygen atoms in total. The molecule has 0 bridgehead atoms. The lowest BCUT2D eigenvalue weighted by atomic mass is 10.1. The Labute approximate surface area is 228 Å². The second-order valence-corrected chi connectivity index (χ2v) is 9.14. The van der Waals surface area contributed by atoms with Gasteiger partial charge in [0.05, 0.1) is 28.0 Å². The Kier molecular flexibility index (Phi) is 7.20. The molecule has 0 radical (unpaired) electrons. The van der Waals surface area contributed by atoms with Crippen LogP contribution >= 0.6 is 11.6 Å². The quantitative estimate of drug-likeness (QED) is 0.293. The maximum atomic E-state index is 14.7. The number of anilines is 1. The number of nitrogens with zero attached hydrogens (tertiary/aromatic N) is 5. The van der Waals surface area contributed by atoms with E-state index < -0.39 is 17.6 Å². The molecule has 39 heavy (non-hydrogen) atoms. The van der Waals surface area contributed by atoms with Crippen molar-refractivity contribution in [2.24, 2.45) is 7.05 Å². The molecule has 2 N–H and O–H groups in total. The molecule has 0 spiro atoms. The van der Waals surface area contributed by atoms with E-state index in [2.05, 4.69) is 25.7 Å². The van der Waals surface area contributed by atoms with Crippen molar-refractivity contribution in [3.63, 3.8) is 0 Å². The minimum Gasteiger partial charge on any atom is -0.341 e. The van der Waals surface area contributed by atoms with Crippen LogP contribution in [-0.2, 0) is 7.05 Å². The summed E-state index contributed by atoms with van der Waals surface area (Å²) in [5.41, 5.74) is 1.22. The molecular formula is C28H23ClFN7O2. The number of halogens is 2. The van der Waals surface area contributed by atoms with E-state index >= 15 is 0 Å². The summed E-state index contributed by atoms with van der Waals surface area (Å²) < 4.78 is 17.9. The van der Waals surface area contributed by atoms with E-state index in [1.165, 1.54) is 23.0 Å². The van der Waals surface area contributed by atoms with Gasteiger partial charge in [-0.25, -0.2) is 14.1 Å². The molecule has 11 heteroatoms. The Morgan fingerprint density at radius 2 is 1.74 bits per heavy atom. The van der Waals surface area contributed by atoms with Gasteiger partial charge in [-0.2, -0.15) is 5.10 Å². The van der Waals surface area contributed by atoms with Crippen LogP contribution in [0.3, 0.4) is 0 Å². The molecule has 0 aliphatic rings. The Balaban J connectivity index is 1.47. The number of rotatable bonds is 7. The van der Waals surface area contributed by atoms with Gasteiger partial charge in [-0.3, -0.25) is 14.6 Å². The lowest BCUT2D eigenvalue weighted by Crippen LogP contribution is -2.28. The van der Waals surface area contributed by atoms with Gasteiger partial charge >= 0.3 is 0 Å². The molecule has 0 saturated heterocycles. The second-order valence-electron chi connectivity index (χ2n) is 8.73. The zero-order valence-corrected chi connectivity index (χ0v) is 21.7. The van der Waals surface area contributed by atoms with Gasteiger partial charge in [0, 0.05) is 37.3 Å². The third-order valence-electron chi connectivity index (χ3n) is 6.02. The molecule has 0 unspecified atom stereocenters. The number of imidazole rings is 1. The summed E-state index contributed by atoms with van der Waals surface area (Å²) >= 11 is 6.27. The molecule has 196 valence electrons. The summed E-state index contributed by atoms with van der Waals surface area (Å²) in [6.45, 7) is 1.81. The van der Waals surface area contributed by atoms with Crippen molar-refractivity contribution >= 4 is 29.2 Å². The molecule has 5 aromatic rings. The molecule has 2 aromatic carbocycles. The number of amides is 2. The smallest absolute Gasteiger partial charge is 0.272 e. The first-order valence-electron chi connectivity index (χ1n) is 12.0. The number of aryl methyl sites for hydroxylation is 1. The minimum absolute atomic E-state index is 0.0361. The predicted molar refractivity (Wildman–Crippen MR) is 145 cm³/mol. The van der Waals surface area contributed by atoms with Gasteiger partial charge < -0.3 is 15.2 Å². The third kappa shape index (κ3) is 5.41. The lowest BCUT2D eigenvalue weighted by Gasteiger charge is -2.12. The molecule has 0 aliphatic carbocycles. The Bertz CT molecular complexity index is 1650. The molecule has 0 saturated carbocycles. The average molecular weight is 544 g/mol. The summed E-state index contributed by atoms with van der Waals surface area (Å²) in [7, 11) is 1.84. The van der Waals surface area contributed by atoms with E-state index in [-0.39, 0.29) is 33.7 Å². The van der Waals surface area contributed by atoms with Crippen LogP contribution in [0.25, 0.3) is 16.9 Å². The molecule has 5 rings (SSSR count). The maximum Gasteiger partial charge on any atom is 0.272 e. The van der Waals surface area contributed by atoms with Crippen molar-refractivity contribution in [3.8, 4) is 16.9 Å². The third-order valence-corrected chi connectivity index (χ3v) is 6.33. The van der Waals surface area contributed by atoms with Crippen LogP contribution in [0.5, 0.6) is 0 Å². The van der Waals surface area contributed by atoms with Gasteiger partial charge in [0.1, 0.15) is 17.5 Å². The fourth-order valence-corrected chi connectivity index (χ4v) is 4.34. The van der Waals surface area contributed by atoms with Crippen molar-refractivity contribution in [1.29, 1.82) is 0 Å². The highest BCUT2D eigenvalue weighted by Gasteiger charge is 2.22. The van der Waals surface area contributed by atoms with Crippen LogP contribution in [0.15, 0.2) is 85.3 Å². The number of pyridine rings is 1. The fraction of sp³-hybridized carbons (Fsp3) is 0.107. The number of nitrogens with one attached hydrogen (secondary N) is 2. The second kappa shape index (κ2) is 10.9. The predicted octanol–water partition coefficient (Wildman–Crippen LogP) is 5.20. The number of benzene rings is 2. The molecule has 0 fully saturated rings. The van der Waals surface area contributed by atoms with Crippen LogP contribution in [0, 0.1) is 5.82 Å². The van der Waals surface area contributed by atoms with Gasteiger partial charge in [0.2, 0.25) is 0 Å². The van der Waals surface area contributed by atoms with Gasteiger partial charge in [0.25, 0.3) is 11.8 Å². The molecule has 3 aromatic heterocycles. The summed E-state index contributed by atoms with van der Waals surface area (Å²) in [6.07, 6.45) is 4.97. The molecule has 3 heterocycles. The van der Waals surface area contributed by atoms with Crippen molar-refractivity contribution in [1.82, 2.24) is 29.6 Å². The standard InChI is InChI=1S/C28H23ClFN7O2/c1-17(26-32-12-13-36(26)2)33-28(39)24-16-25(37(35-24)18-8-4-3-5-9-18)34-27(38)19-14-20(22(30)15-21(19)29)23-10-6-7-11-31-23/h3-17H,1-2H3,(H,33,39)(H,34,38)/t17-/m0/s1. The van der Waals surface area contributed by atoms with E-state index in [9.17, 15) is 14.0 Å². The van der Waals surface area contributed by atoms with Crippen LogP contribution in [0.2, 0.25) is 5.02 Å². The Morgan fingerprint density at radius 3 is 2.44 bits per heavy atom. The zero-order chi connectivity index (χ0) is 27.5. The highest BCUT2D eigenvalue weighted by atomic mass is 35.5. The Hall–Kier alpha value is -4.83. The first-order chi connectivity index (χ1) is 18.8. The first kappa shape index (κ1) is 25.8. The maximum absolute atomic E-state index is 14.7. The number of carbonyl (C=O) groups excluding carboxylic acids is 2. The topological polar surface area (TPSA) is 107 Å². The van der Waals surface area contributed by atoms with Gasteiger partial charge in [-0.05, 0) is 43.3 Å². The average Bonchev–Trinajstić information content (AvgIpc) is 3.56. The highest BCUT2D eigenvalue weighted by Crippen LogP contribution is 2.28. The first-order valence-corrected chi connectivity index (χ1v) is 12.3. The Morgan fingerprint density at radius 1 is 0.974 bits per heavy atom. The monoisotopic (exact) mass is 543 g/mol. The van der Waals surface area contributed by atoms with Gasteiger partial charge in [-0.1, -0.05) is 35.9 Å². The zero-order valence-electron chi connectivity index (χ0n) is 21.0. The molecular weight excluding hydrogens is 521 g/mol. The largest absolute Gasteiger partial charge is 0.341 e. The lowest BCUT2D eigenvalue weighted by molar-refractivity contribution is 0.0931. The van der Waals surface area contributed by atoms with Crippen LogP contribution in [0.1, 0.15) is 39.6 Å². The molecule has 2 amide bonds. The number of hydrogen-bond donors (Lipinski definition) is 2. The van der Waals surface area contributed by atoms with E-state index in [1.807, 2.05) is 36.7 Å². The van der Waals surface area contributed by atoms with Crippen molar-refractivity contribution in [2.75, 3.05) is 5.32 Å². The summed E-state index contributed by atoms with van der Waals surface area (Å²) in [4.78, 5) is 34.9. The normalized spacial score (nSPS) is 11.7. The van der Waals surface area contributed by atoms with Crippen molar-refractivity contribution in [2.45, 2.75) is 13.0 Å². The van der Waals surface area contributed by atoms with Crippen molar-refractivity contribution in [3.05, 3.63) is 113 Å². The fourth-order valence-electron chi connectivity index (χ4n) is 4.10. The number of hydrogen-bond acceptors (Lipinski definition) is 5. The van der Waals surface area contributed by atoms with E-state index in [1.54, 1.807) is 42.7 Å². The molecule has 0 aliphatic heterocycles. The minimum atomic E-state index is -0.609.